The number of anilines is 1. The Morgan fingerprint density at radius 1 is 1.44 bits per heavy atom. The number of ether oxygens (including phenoxy) is 1. The lowest BCUT2D eigenvalue weighted by atomic mass is 9.78. The highest BCUT2D eigenvalue weighted by Crippen LogP contribution is 2.45. The third-order valence-corrected chi connectivity index (χ3v) is 4.41. The number of benzene rings is 1. The Balaban J connectivity index is 2.10. The topological polar surface area (TPSA) is 50.5 Å². The van der Waals surface area contributed by atoms with Crippen LogP contribution in [0.3, 0.4) is 0 Å². The van der Waals surface area contributed by atoms with Gasteiger partial charge in [-0.15, -0.1) is 0 Å². The number of fused-ring (bicyclic) bond motifs is 2. The van der Waals surface area contributed by atoms with Gasteiger partial charge in [-0.1, -0.05) is 12.1 Å². The number of rotatable bonds is 1. The van der Waals surface area contributed by atoms with E-state index in [0.717, 1.165) is 25.3 Å². The highest BCUT2D eigenvalue weighted by atomic mass is 16.5. The Morgan fingerprint density at radius 3 is 3.06 bits per heavy atom. The van der Waals surface area contributed by atoms with Crippen molar-refractivity contribution in [2.24, 2.45) is 11.7 Å². The van der Waals surface area contributed by atoms with Crippen molar-refractivity contribution in [3.05, 3.63) is 23.8 Å². The van der Waals surface area contributed by atoms with Gasteiger partial charge < -0.3 is 20.7 Å². The lowest BCUT2D eigenvalue weighted by molar-refractivity contribution is 0.260. The van der Waals surface area contributed by atoms with Gasteiger partial charge in [0, 0.05) is 31.6 Å². The molecule has 1 aromatic rings. The van der Waals surface area contributed by atoms with Crippen molar-refractivity contribution in [2.75, 3.05) is 32.1 Å². The van der Waals surface area contributed by atoms with E-state index >= 15 is 0 Å². The third-order valence-electron chi connectivity index (χ3n) is 4.41. The molecule has 0 amide bonds. The monoisotopic (exact) mass is 247 g/mol. The fraction of sp³-hybridized carbons (Fsp3) is 0.571. The van der Waals surface area contributed by atoms with Crippen LogP contribution in [0.2, 0.25) is 0 Å². The molecular formula is C14H21N3O. The first-order valence-corrected chi connectivity index (χ1v) is 6.60. The quantitative estimate of drug-likeness (QED) is 0.781. The van der Waals surface area contributed by atoms with Crippen LogP contribution in [0.1, 0.15) is 18.0 Å². The van der Waals surface area contributed by atoms with Crippen LogP contribution < -0.4 is 20.7 Å². The van der Waals surface area contributed by atoms with Gasteiger partial charge in [-0.05, 0) is 24.6 Å². The molecule has 1 aromatic carbocycles. The largest absolute Gasteiger partial charge is 0.495 e. The molecule has 0 saturated carbocycles. The van der Waals surface area contributed by atoms with E-state index in [1.54, 1.807) is 7.11 Å². The van der Waals surface area contributed by atoms with E-state index in [0.29, 0.717) is 12.0 Å². The molecule has 4 nitrogen and oxygen atoms in total. The van der Waals surface area contributed by atoms with Crippen LogP contribution in [0.25, 0.3) is 0 Å². The molecule has 0 aromatic heterocycles. The molecule has 1 fully saturated rings. The van der Waals surface area contributed by atoms with Gasteiger partial charge in [0.05, 0.1) is 12.8 Å². The highest BCUT2D eigenvalue weighted by Gasteiger charge is 2.40. The molecule has 2 heterocycles. The number of nitrogens with two attached hydrogens (primary N) is 1. The Kier molecular flexibility index (Phi) is 2.92. The van der Waals surface area contributed by atoms with Gasteiger partial charge >= 0.3 is 0 Å². The number of piperidine rings is 1. The Labute approximate surface area is 108 Å². The summed E-state index contributed by atoms with van der Waals surface area (Å²) in [6.07, 6.45) is 1.15. The maximum absolute atomic E-state index is 6.46. The zero-order valence-electron chi connectivity index (χ0n) is 11.0. The van der Waals surface area contributed by atoms with E-state index in [-0.39, 0.29) is 6.04 Å². The van der Waals surface area contributed by atoms with Crippen LogP contribution in [-0.2, 0) is 0 Å². The molecule has 18 heavy (non-hydrogen) atoms. The van der Waals surface area contributed by atoms with E-state index in [1.807, 2.05) is 12.1 Å². The molecule has 3 rings (SSSR count). The average Bonchev–Trinajstić information content (AvgIpc) is 2.44. The van der Waals surface area contributed by atoms with Gasteiger partial charge in [0.25, 0.3) is 0 Å². The van der Waals surface area contributed by atoms with Gasteiger partial charge in [-0.2, -0.15) is 0 Å². The van der Waals surface area contributed by atoms with Crippen molar-refractivity contribution in [3.8, 4) is 5.75 Å². The molecule has 0 bridgehead atoms. The predicted molar refractivity (Wildman–Crippen MR) is 73.1 cm³/mol. The average molecular weight is 247 g/mol. The Hall–Kier alpha value is -1.26. The maximum atomic E-state index is 6.46. The summed E-state index contributed by atoms with van der Waals surface area (Å²) in [5, 5.41) is 3.46. The second-order valence-electron chi connectivity index (χ2n) is 5.26. The lowest BCUT2D eigenvalue weighted by Gasteiger charge is -2.47. The fourth-order valence-corrected chi connectivity index (χ4v) is 3.46. The number of methoxy groups -OCH3 is 1. The normalized spacial score (nSPS) is 30.6. The van der Waals surface area contributed by atoms with Crippen LogP contribution >= 0.6 is 0 Å². The van der Waals surface area contributed by atoms with Crippen molar-refractivity contribution < 1.29 is 4.74 Å². The molecular weight excluding hydrogens is 226 g/mol. The number of para-hydroxylation sites is 1. The second kappa shape index (κ2) is 4.44. The second-order valence-corrected chi connectivity index (χ2v) is 5.26. The summed E-state index contributed by atoms with van der Waals surface area (Å²) < 4.78 is 5.50. The van der Waals surface area contributed by atoms with Crippen LogP contribution in [0.15, 0.2) is 18.2 Å². The van der Waals surface area contributed by atoms with E-state index in [2.05, 4.69) is 23.3 Å². The molecule has 2 aliphatic rings. The molecule has 0 radical (unpaired) electrons. The molecule has 0 spiro atoms. The molecule has 3 unspecified atom stereocenters. The first-order chi connectivity index (χ1) is 8.74. The van der Waals surface area contributed by atoms with Crippen molar-refractivity contribution in [3.63, 3.8) is 0 Å². The Bertz CT molecular complexity index is 449. The first-order valence-electron chi connectivity index (χ1n) is 6.60. The van der Waals surface area contributed by atoms with Gasteiger partial charge in [0.15, 0.2) is 0 Å². The smallest absolute Gasteiger partial charge is 0.142 e. The lowest BCUT2D eigenvalue weighted by Crippen LogP contribution is -2.55. The summed E-state index contributed by atoms with van der Waals surface area (Å²) in [7, 11) is 3.89. The summed E-state index contributed by atoms with van der Waals surface area (Å²) in [6.45, 7) is 2.08. The molecule has 4 heteroatoms. The van der Waals surface area contributed by atoms with Gasteiger partial charge in [0.2, 0.25) is 0 Å². The molecule has 3 atom stereocenters. The van der Waals surface area contributed by atoms with Crippen molar-refractivity contribution in [1.29, 1.82) is 0 Å². The summed E-state index contributed by atoms with van der Waals surface area (Å²) in [4.78, 5) is 2.36. The van der Waals surface area contributed by atoms with Crippen LogP contribution in [0.4, 0.5) is 5.69 Å². The third kappa shape index (κ3) is 1.60. The molecule has 98 valence electrons. The molecule has 0 aliphatic carbocycles. The zero-order valence-corrected chi connectivity index (χ0v) is 11.0. The highest BCUT2D eigenvalue weighted by molar-refractivity contribution is 5.67. The minimum absolute atomic E-state index is 0.101. The summed E-state index contributed by atoms with van der Waals surface area (Å²) in [5.41, 5.74) is 8.85. The molecule has 2 aliphatic heterocycles. The van der Waals surface area contributed by atoms with Crippen LogP contribution in [-0.4, -0.2) is 33.3 Å². The van der Waals surface area contributed by atoms with Crippen molar-refractivity contribution >= 4 is 5.69 Å². The first kappa shape index (κ1) is 11.8. The van der Waals surface area contributed by atoms with Crippen LogP contribution in [0.5, 0.6) is 5.75 Å². The van der Waals surface area contributed by atoms with E-state index in [4.69, 9.17) is 10.5 Å². The molecule has 1 saturated heterocycles. The number of hydrogen-bond acceptors (Lipinski definition) is 4. The van der Waals surface area contributed by atoms with E-state index < -0.39 is 0 Å². The summed E-state index contributed by atoms with van der Waals surface area (Å²) >= 11 is 0. The molecule has 3 N–H and O–H groups in total. The summed E-state index contributed by atoms with van der Waals surface area (Å²) in [6, 6.07) is 6.80. The van der Waals surface area contributed by atoms with Gasteiger partial charge in [-0.3, -0.25) is 0 Å². The number of hydrogen-bond donors (Lipinski definition) is 2. The predicted octanol–water partition coefficient (Wildman–Crippen LogP) is 1.12. The minimum atomic E-state index is 0.101. The summed E-state index contributed by atoms with van der Waals surface area (Å²) in [5.74, 6) is 1.42. The maximum Gasteiger partial charge on any atom is 0.142 e. The van der Waals surface area contributed by atoms with Gasteiger partial charge in [-0.25, -0.2) is 0 Å². The van der Waals surface area contributed by atoms with E-state index in [1.165, 1.54) is 11.3 Å². The standard InChI is InChI=1S/C14H21N3O/c1-17-11-6-7-16-8-10(11)13(15)9-4-3-5-12(18-2)14(9)17/h3-5,10-11,13,16H,6-8,15H2,1-2H3. The van der Waals surface area contributed by atoms with Crippen molar-refractivity contribution in [1.82, 2.24) is 5.32 Å². The van der Waals surface area contributed by atoms with Crippen molar-refractivity contribution in [2.45, 2.75) is 18.5 Å². The van der Waals surface area contributed by atoms with Gasteiger partial charge in [0.1, 0.15) is 5.75 Å². The minimum Gasteiger partial charge on any atom is -0.495 e. The number of nitrogens with one attached hydrogen (secondary N) is 1. The van der Waals surface area contributed by atoms with E-state index in [9.17, 15) is 0 Å². The zero-order chi connectivity index (χ0) is 12.7. The Morgan fingerprint density at radius 2 is 2.28 bits per heavy atom. The SMILES string of the molecule is COc1cccc2c1N(C)C1CCNCC1C2N. The number of nitrogens with zero attached hydrogens (tertiary/aromatic N) is 1. The fourth-order valence-electron chi connectivity index (χ4n) is 3.46. The van der Waals surface area contributed by atoms with Crippen LogP contribution in [0, 0.1) is 5.92 Å².